The summed E-state index contributed by atoms with van der Waals surface area (Å²) in [6.45, 7) is 4.82. The number of hydrogen-bond donors (Lipinski definition) is 2. The predicted octanol–water partition coefficient (Wildman–Crippen LogP) is 4.48. The molecule has 2 atom stereocenters. The molecule has 0 radical (unpaired) electrons. The lowest BCUT2D eigenvalue weighted by Gasteiger charge is -2.20. The highest BCUT2D eigenvalue weighted by Gasteiger charge is 2.17. The zero-order chi connectivity index (χ0) is 16.7. The molecule has 2 rings (SSSR count). The third-order valence-corrected chi connectivity index (χ3v) is 3.95. The topological polar surface area (TPSA) is 55.5 Å². The molecule has 0 aliphatic carbocycles. The maximum Gasteiger partial charge on any atom is 0.120 e. The molecule has 0 spiro atoms. The second kappa shape index (κ2) is 10.3. The summed E-state index contributed by atoms with van der Waals surface area (Å²) in [7, 11) is 0. The van der Waals surface area contributed by atoms with Gasteiger partial charge in [-0.15, -0.1) is 12.4 Å². The first kappa shape index (κ1) is 20.5. The van der Waals surface area contributed by atoms with Crippen LogP contribution >= 0.6 is 12.4 Å². The number of halogens is 1. The number of rotatable bonds is 8. The second-order valence-electron chi connectivity index (χ2n) is 6.41. The second-order valence-corrected chi connectivity index (χ2v) is 6.41. The molecule has 2 aromatic carbocycles. The van der Waals surface area contributed by atoms with Gasteiger partial charge in [-0.2, -0.15) is 0 Å². The van der Waals surface area contributed by atoms with Crippen molar-refractivity contribution in [2.75, 3.05) is 0 Å². The highest BCUT2D eigenvalue weighted by atomic mass is 35.5. The normalized spacial score (nSPS) is 13.2. The van der Waals surface area contributed by atoms with Crippen molar-refractivity contribution in [3.8, 4) is 5.75 Å². The maximum atomic E-state index is 10.3. The number of ether oxygens (including phenoxy) is 1. The quantitative estimate of drug-likeness (QED) is 0.738. The Balaban J connectivity index is 0.00000288. The van der Waals surface area contributed by atoms with Crippen LogP contribution in [0.1, 0.15) is 43.9 Å². The molecule has 0 fully saturated rings. The van der Waals surface area contributed by atoms with Crippen LogP contribution in [0.5, 0.6) is 5.75 Å². The molecule has 0 amide bonds. The van der Waals surface area contributed by atoms with Crippen molar-refractivity contribution >= 4 is 12.4 Å². The third-order valence-electron chi connectivity index (χ3n) is 3.95. The summed E-state index contributed by atoms with van der Waals surface area (Å²) in [5.74, 6) is 1.34. The maximum absolute atomic E-state index is 10.3. The van der Waals surface area contributed by atoms with Gasteiger partial charge >= 0.3 is 0 Å². The Morgan fingerprint density at radius 1 is 1.00 bits per heavy atom. The van der Waals surface area contributed by atoms with Crippen molar-refractivity contribution in [2.24, 2.45) is 11.7 Å². The van der Waals surface area contributed by atoms with Gasteiger partial charge in [0.25, 0.3) is 0 Å². The molecule has 0 aliphatic rings. The van der Waals surface area contributed by atoms with Gasteiger partial charge < -0.3 is 15.6 Å². The van der Waals surface area contributed by atoms with E-state index in [1.165, 1.54) is 0 Å². The summed E-state index contributed by atoms with van der Waals surface area (Å²) in [4.78, 5) is 0. The largest absolute Gasteiger partial charge is 0.489 e. The summed E-state index contributed by atoms with van der Waals surface area (Å²) < 4.78 is 5.82. The molecule has 4 heteroatoms. The third kappa shape index (κ3) is 6.52. The zero-order valence-corrected chi connectivity index (χ0v) is 15.2. The van der Waals surface area contributed by atoms with Crippen molar-refractivity contribution in [3.63, 3.8) is 0 Å². The van der Waals surface area contributed by atoms with E-state index in [0.29, 0.717) is 18.9 Å². The van der Waals surface area contributed by atoms with E-state index in [1.54, 1.807) is 0 Å². The van der Waals surface area contributed by atoms with E-state index in [4.69, 9.17) is 10.5 Å². The Morgan fingerprint density at radius 3 is 2.38 bits per heavy atom. The minimum absolute atomic E-state index is 0. The lowest BCUT2D eigenvalue weighted by molar-refractivity contribution is 0.128. The Morgan fingerprint density at radius 2 is 1.71 bits per heavy atom. The lowest BCUT2D eigenvalue weighted by Crippen LogP contribution is -2.26. The average Bonchev–Trinajstić information content (AvgIpc) is 2.58. The minimum atomic E-state index is -0.526. The van der Waals surface area contributed by atoms with Gasteiger partial charge in [0, 0.05) is 0 Å². The Kier molecular flexibility index (Phi) is 8.83. The van der Waals surface area contributed by atoms with Crippen LogP contribution in [0.25, 0.3) is 0 Å². The van der Waals surface area contributed by atoms with E-state index >= 15 is 0 Å². The Hall–Kier alpha value is -1.55. The molecule has 0 saturated carbocycles. The Bertz CT molecular complexity index is 589. The molecule has 0 heterocycles. The van der Waals surface area contributed by atoms with Gasteiger partial charge in [0.15, 0.2) is 0 Å². The van der Waals surface area contributed by atoms with E-state index in [0.717, 1.165) is 23.3 Å². The smallest absolute Gasteiger partial charge is 0.120 e. The van der Waals surface area contributed by atoms with Crippen LogP contribution in [0.4, 0.5) is 0 Å². The van der Waals surface area contributed by atoms with Gasteiger partial charge in [0.2, 0.25) is 0 Å². The number of aliphatic hydroxyl groups is 1. The van der Waals surface area contributed by atoms with Gasteiger partial charge in [-0.25, -0.2) is 0 Å². The van der Waals surface area contributed by atoms with Crippen molar-refractivity contribution < 1.29 is 9.84 Å². The van der Waals surface area contributed by atoms with Gasteiger partial charge in [0.1, 0.15) is 12.4 Å². The monoisotopic (exact) mass is 349 g/mol. The molecule has 2 aromatic rings. The van der Waals surface area contributed by atoms with Crippen LogP contribution in [-0.4, -0.2) is 11.2 Å². The van der Waals surface area contributed by atoms with Crippen LogP contribution in [-0.2, 0) is 6.61 Å². The fourth-order valence-corrected chi connectivity index (χ4v) is 2.46. The number of nitrogens with two attached hydrogens (primary N) is 1. The molecule has 3 N–H and O–H groups in total. The van der Waals surface area contributed by atoms with E-state index in [-0.39, 0.29) is 18.4 Å². The molecule has 24 heavy (non-hydrogen) atoms. The zero-order valence-electron chi connectivity index (χ0n) is 14.4. The fourth-order valence-electron chi connectivity index (χ4n) is 2.46. The molecular formula is C20H28ClNO2. The van der Waals surface area contributed by atoms with Crippen LogP contribution in [0.3, 0.4) is 0 Å². The molecule has 0 aliphatic heterocycles. The number of hydrogen-bond acceptors (Lipinski definition) is 3. The first-order valence-electron chi connectivity index (χ1n) is 8.26. The van der Waals surface area contributed by atoms with E-state index in [2.05, 4.69) is 13.8 Å². The number of benzene rings is 2. The summed E-state index contributed by atoms with van der Waals surface area (Å²) in [6, 6.07) is 17.4. The van der Waals surface area contributed by atoms with Crippen molar-refractivity contribution in [2.45, 2.75) is 45.4 Å². The number of aliphatic hydroxyl groups excluding tert-OH is 1. The summed E-state index contributed by atoms with van der Waals surface area (Å²) >= 11 is 0. The summed E-state index contributed by atoms with van der Waals surface area (Å²) in [5, 5.41) is 10.3. The van der Waals surface area contributed by atoms with Crippen LogP contribution in [0.15, 0.2) is 54.6 Å². The SMILES string of the molecule is CC(C)CC[C@@H](O)[C@@H](N)c1cccc(OCc2ccccc2)c1.Cl. The standard InChI is InChI=1S/C20H27NO2.ClH/c1-15(2)11-12-19(22)20(21)17-9-6-10-18(13-17)23-14-16-7-4-3-5-8-16;/h3-10,13,15,19-20,22H,11-12,14,21H2,1-2H3;1H/t19-,20+;/m1./s1. The Labute approximate surface area is 151 Å². The molecule has 0 unspecified atom stereocenters. The van der Waals surface area contributed by atoms with E-state index < -0.39 is 6.10 Å². The van der Waals surface area contributed by atoms with Gasteiger partial charge in [-0.3, -0.25) is 0 Å². The fraction of sp³-hybridized carbons (Fsp3) is 0.400. The molecule has 0 saturated heterocycles. The van der Waals surface area contributed by atoms with Crippen molar-refractivity contribution in [3.05, 3.63) is 65.7 Å². The van der Waals surface area contributed by atoms with Gasteiger partial charge in [-0.1, -0.05) is 56.3 Å². The van der Waals surface area contributed by atoms with Crippen LogP contribution in [0.2, 0.25) is 0 Å². The highest BCUT2D eigenvalue weighted by molar-refractivity contribution is 5.85. The first-order chi connectivity index (χ1) is 11.1. The molecule has 0 bridgehead atoms. The molecule has 0 aromatic heterocycles. The average molecular weight is 350 g/mol. The van der Waals surface area contributed by atoms with Gasteiger partial charge in [-0.05, 0) is 42.0 Å². The van der Waals surface area contributed by atoms with Crippen LogP contribution in [0, 0.1) is 5.92 Å². The lowest BCUT2D eigenvalue weighted by atomic mass is 9.96. The van der Waals surface area contributed by atoms with E-state index in [9.17, 15) is 5.11 Å². The van der Waals surface area contributed by atoms with Gasteiger partial charge in [0.05, 0.1) is 12.1 Å². The molecule has 3 nitrogen and oxygen atoms in total. The first-order valence-corrected chi connectivity index (χ1v) is 8.26. The molecule has 132 valence electrons. The van der Waals surface area contributed by atoms with Crippen LogP contribution < -0.4 is 10.5 Å². The minimum Gasteiger partial charge on any atom is -0.489 e. The van der Waals surface area contributed by atoms with Crippen molar-refractivity contribution in [1.82, 2.24) is 0 Å². The summed E-state index contributed by atoms with van der Waals surface area (Å²) in [5.41, 5.74) is 8.23. The van der Waals surface area contributed by atoms with E-state index in [1.807, 2.05) is 54.6 Å². The predicted molar refractivity (Wildman–Crippen MR) is 101 cm³/mol. The summed E-state index contributed by atoms with van der Waals surface area (Å²) in [6.07, 6.45) is 1.16. The molecular weight excluding hydrogens is 322 g/mol. The highest BCUT2D eigenvalue weighted by Crippen LogP contribution is 2.23. The van der Waals surface area contributed by atoms with Crippen molar-refractivity contribution in [1.29, 1.82) is 0 Å².